The predicted molar refractivity (Wildman–Crippen MR) is 222 cm³/mol. The highest BCUT2D eigenvalue weighted by Gasteiger charge is 2.43. The Morgan fingerprint density at radius 3 is 1.52 bits per heavy atom. The van der Waals surface area contributed by atoms with Crippen molar-refractivity contribution in [3.05, 3.63) is 187 Å². The van der Waals surface area contributed by atoms with Crippen molar-refractivity contribution in [1.82, 2.24) is 15.0 Å². The van der Waals surface area contributed by atoms with Gasteiger partial charge in [0.05, 0.1) is 0 Å². The third kappa shape index (κ3) is 5.64. The Kier molecular flexibility index (Phi) is 7.03. The molecule has 1 heterocycles. The highest BCUT2D eigenvalue weighted by molar-refractivity contribution is 5.89. The van der Waals surface area contributed by atoms with Gasteiger partial charge in [0.25, 0.3) is 0 Å². The molecule has 8 aromatic rings. The van der Waals surface area contributed by atoms with Gasteiger partial charge in [0.15, 0.2) is 17.5 Å². The maximum Gasteiger partial charge on any atom is 0.164 e. The maximum absolute atomic E-state index is 9.44. The summed E-state index contributed by atoms with van der Waals surface area (Å²) in [6, 6.07) is 59.2. The van der Waals surface area contributed by atoms with Gasteiger partial charge >= 0.3 is 0 Å². The van der Waals surface area contributed by atoms with Gasteiger partial charge in [-0.2, -0.15) is 0 Å². The van der Waals surface area contributed by atoms with E-state index in [0.29, 0.717) is 36.7 Å². The smallest absolute Gasteiger partial charge is 0.164 e. The molecule has 3 heteroatoms. The van der Waals surface area contributed by atoms with Gasteiger partial charge in [-0.25, -0.2) is 15.0 Å². The third-order valence-corrected chi connectivity index (χ3v) is 10.7. The first-order valence-corrected chi connectivity index (χ1v) is 18.7. The van der Waals surface area contributed by atoms with Crippen LogP contribution >= 0.6 is 0 Å². The minimum atomic E-state index is -1.78. The molecule has 2 aliphatic rings. The highest BCUT2D eigenvalue weighted by atomic mass is 15.0. The Balaban J connectivity index is 1.13. The second-order valence-corrected chi connectivity index (χ2v) is 14.0. The second kappa shape index (κ2) is 13.5. The van der Waals surface area contributed by atoms with Crippen LogP contribution in [0.15, 0.2) is 176 Å². The molecule has 54 heavy (non-hydrogen) atoms. The summed E-state index contributed by atoms with van der Waals surface area (Å²) in [5, 5.41) is 0. The van der Waals surface area contributed by atoms with Crippen molar-refractivity contribution in [2.24, 2.45) is 0 Å². The Bertz CT molecular complexity index is 2750. The van der Waals surface area contributed by atoms with Crippen LogP contribution in [0.3, 0.4) is 0 Å². The molecule has 0 bridgehead atoms. The molecule has 1 aromatic heterocycles. The van der Waals surface area contributed by atoms with E-state index in [1.54, 1.807) is 0 Å². The van der Waals surface area contributed by atoms with E-state index in [9.17, 15) is 5.48 Å². The Hall–Kier alpha value is -6.45. The molecule has 0 radical (unpaired) electrons. The lowest BCUT2D eigenvalue weighted by Crippen LogP contribution is -2.28. The summed E-state index contributed by atoms with van der Waals surface area (Å²) in [5.41, 5.74) is 10.6. The molecule has 3 nitrogen and oxygen atoms in total. The summed E-state index contributed by atoms with van der Waals surface area (Å²) in [4.78, 5) is 15.0. The zero-order valence-electron chi connectivity index (χ0n) is 33.7. The van der Waals surface area contributed by atoms with Crippen LogP contribution in [0.5, 0.6) is 0 Å². The van der Waals surface area contributed by atoms with Crippen molar-refractivity contribution in [1.29, 1.82) is 0 Å². The van der Waals surface area contributed by atoms with Crippen LogP contribution in [0, 0.1) is 0 Å². The number of benzene rings is 7. The summed E-state index contributed by atoms with van der Waals surface area (Å²) in [5.74, 6) is 1.77. The third-order valence-electron chi connectivity index (χ3n) is 10.7. The van der Waals surface area contributed by atoms with E-state index < -0.39 is 18.2 Å². The summed E-state index contributed by atoms with van der Waals surface area (Å²) in [6.07, 6.45) is -2.44. The van der Waals surface area contributed by atoms with E-state index in [1.165, 1.54) is 0 Å². The first-order valence-electron chi connectivity index (χ1n) is 20.7. The summed E-state index contributed by atoms with van der Waals surface area (Å²) in [7, 11) is 0. The van der Waals surface area contributed by atoms with Gasteiger partial charge in [-0.1, -0.05) is 177 Å². The van der Waals surface area contributed by atoms with Gasteiger partial charge in [-0.15, -0.1) is 0 Å². The van der Waals surface area contributed by atoms with Crippen molar-refractivity contribution in [2.45, 2.75) is 37.4 Å². The molecule has 0 atom stereocenters. The van der Waals surface area contributed by atoms with E-state index in [0.717, 1.165) is 72.3 Å². The number of aromatic nitrogens is 3. The van der Waals surface area contributed by atoms with Crippen LogP contribution in [0.1, 0.15) is 48.6 Å². The summed E-state index contributed by atoms with van der Waals surface area (Å²) in [6.45, 7) is 0. The SMILES string of the molecule is [2H]C1([2H])CCCC([2H])([2H])C12c1ccccc1-c1ccc(-c3cccc(-c4cc(-c5nc(-c6ccccc6)nc(-c6ccccc6)n5)ccc4-c4ccccc4)c3)cc12. The fourth-order valence-electron chi connectivity index (χ4n) is 8.14. The molecule has 0 saturated heterocycles. The number of rotatable bonds is 6. The molecular formula is C51H39N3. The summed E-state index contributed by atoms with van der Waals surface area (Å²) >= 11 is 0. The van der Waals surface area contributed by atoms with E-state index in [2.05, 4.69) is 84.9 Å². The first kappa shape index (κ1) is 28.1. The van der Waals surface area contributed by atoms with E-state index in [1.807, 2.05) is 91.0 Å². The predicted octanol–water partition coefficient (Wildman–Crippen LogP) is 13.1. The second-order valence-electron chi connectivity index (χ2n) is 14.0. The lowest BCUT2D eigenvalue weighted by molar-refractivity contribution is 0.353. The van der Waals surface area contributed by atoms with Gasteiger partial charge in [0.2, 0.25) is 0 Å². The minimum Gasteiger partial charge on any atom is -0.208 e. The van der Waals surface area contributed by atoms with Gasteiger partial charge in [-0.3, -0.25) is 0 Å². The van der Waals surface area contributed by atoms with E-state index in [4.69, 9.17) is 15.0 Å². The Labute approximate surface area is 322 Å². The van der Waals surface area contributed by atoms with E-state index in [-0.39, 0.29) is 0 Å². The molecule has 7 aromatic carbocycles. The molecule has 0 aliphatic heterocycles. The first-order chi connectivity index (χ1) is 28.2. The molecule has 258 valence electrons. The fourth-order valence-corrected chi connectivity index (χ4v) is 8.14. The Morgan fingerprint density at radius 2 is 0.833 bits per heavy atom. The fraction of sp³-hybridized carbons (Fsp3) is 0.118. The Morgan fingerprint density at radius 1 is 0.333 bits per heavy atom. The van der Waals surface area contributed by atoms with Crippen molar-refractivity contribution in [3.8, 4) is 78.7 Å². The monoisotopic (exact) mass is 697 g/mol. The normalized spacial score (nSPS) is 17.0. The van der Waals surface area contributed by atoms with Crippen molar-refractivity contribution in [2.75, 3.05) is 0 Å². The molecule has 0 N–H and O–H groups in total. The molecule has 1 saturated carbocycles. The van der Waals surface area contributed by atoms with Crippen LogP contribution in [-0.4, -0.2) is 15.0 Å². The van der Waals surface area contributed by atoms with Crippen molar-refractivity contribution >= 4 is 0 Å². The van der Waals surface area contributed by atoms with Crippen LogP contribution < -0.4 is 0 Å². The average Bonchev–Trinajstić information content (AvgIpc) is 3.58. The van der Waals surface area contributed by atoms with Gasteiger partial charge in [0, 0.05) is 27.6 Å². The highest BCUT2D eigenvalue weighted by Crippen LogP contribution is 2.56. The number of hydrogen-bond acceptors (Lipinski definition) is 3. The van der Waals surface area contributed by atoms with Crippen molar-refractivity contribution < 1.29 is 5.48 Å². The average molecular weight is 698 g/mol. The molecule has 0 amide bonds. The van der Waals surface area contributed by atoms with Crippen LogP contribution in [-0.2, 0) is 5.41 Å². The zero-order chi connectivity index (χ0) is 39.5. The summed E-state index contributed by atoms with van der Waals surface area (Å²) < 4.78 is 37.8. The molecule has 10 rings (SSSR count). The van der Waals surface area contributed by atoms with Gasteiger partial charge in [-0.05, 0) is 86.6 Å². The lowest BCUT2D eigenvalue weighted by atomic mass is 9.67. The number of hydrogen-bond donors (Lipinski definition) is 0. The number of fused-ring (bicyclic) bond motifs is 5. The number of nitrogens with zero attached hydrogens (tertiary/aromatic N) is 3. The molecule has 0 unspecified atom stereocenters. The van der Waals surface area contributed by atoms with Crippen LogP contribution in [0.4, 0.5) is 0 Å². The van der Waals surface area contributed by atoms with Crippen LogP contribution in [0.25, 0.3) is 78.7 Å². The molecule has 1 spiro atoms. The lowest BCUT2D eigenvalue weighted by Gasteiger charge is -2.36. The quantitative estimate of drug-likeness (QED) is 0.174. The zero-order valence-corrected chi connectivity index (χ0v) is 29.7. The molecule has 1 fully saturated rings. The molecular weight excluding hydrogens is 655 g/mol. The standard InChI is InChI=1S/C51H39N3/c1-5-16-35(17-6-1)42-28-27-41(50-53-48(36-18-7-2-8-19-36)52-49(54-50)37-20-9-3-10-21-37)33-45(42)40-23-15-22-38(32-40)39-26-29-44-43-24-11-12-25-46(43)51(47(44)34-39)30-13-4-14-31-51/h1-3,5-12,15-29,32-34H,4,13-14,30-31H2/i30D2,31D2. The van der Waals surface area contributed by atoms with E-state index >= 15 is 0 Å². The molecule has 2 aliphatic carbocycles. The van der Waals surface area contributed by atoms with Crippen molar-refractivity contribution in [3.63, 3.8) is 0 Å². The van der Waals surface area contributed by atoms with Gasteiger partial charge in [0.1, 0.15) is 0 Å². The maximum atomic E-state index is 9.44. The van der Waals surface area contributed by atoms with Gasteiger partial charge < -0.3 is 0 Å². The largest absolute Gasteiger partial charge is 0.208 e. The topological polar surface area (TPSA) is 38.7 Å². The van der Waals surface area contributed by atoms with Crippen LogP contribution in [0.2, 0.25) is 0 Å². The minimum absolute atomic E-state index is 0.305.